The Bertz CT molecular complexity index is 845. The summed E-state index contributed by atoms with van der Waals surface area (Å²) >= 11 is 0. The summed E-state index contributed by atoms with van der Waals surface area (Å²) in [6.45, 7) is 5.36. The first-order valence-electron chi connectivity index (χ1n) is 9.45. The lowest BCUT2D eigenvalue weighted by Gasteiger charge is -2.32. The van der Waals surface area contributed by atoms with Crippen LogP contribution in [0.4, 0.5) is 0 Å². The van der Waals surface area contributed by atoms with Gasteiger partial charge in [-0.3, -0.25) is 4.79 Å². The minimum atomic E-state index is -0.216. The standard InChI is InChI=1S/C21H24N4O3/c1-15(2)16-5-7-17(8-6-16)27-14-20(26)25-11-3-4-18(13-25)28-21-19(12-22)23-9-10-24-21/h5-10,15,18H,3-4,11,13-14H2,1-2H3. The molecule has 0 saturated carbocycles. The zero-order valence-electron chi connectivity index (χ0n) is 16.2. The van der Waals surface area contributed by atoms with E-state index in [4.69, 9.17) is 14.7 Å². The van der Waals surface area contributed by atoms with Gasteiger partial charge in [0.2, 0.25) is 5.69 Å². The number of piperidine rings is 1. The van der Waals surface area contributed by atoms with Crippen molar-refractivity contribution in [3.05, 3.63) is 47.9 Å². The van der Waals surface area contributed by atoms with Crippen molar-refractivity contribution >= 4 is 5.91 Å². The van der Waals surface area contributed by atoms with Gasteiger partial charge >= 0.3 is 0 Å². The van der Waals surface area contributed by atoms with E-state index >= 15 is 0 Å². The zero-order valence-corrected chi connectivity index (χ0v) is 16.2. The Kier molecular flexibility index (Phi) is 6.43. The van der Waals surface area contributed by atoms with Gasteiger partial charge in [0.1, 0.15) is 17.9 Å². The fourth-order valence-corrected chi connectivity index (χ4v) is 3.09. The molecule has 7 nitrogen and oxygen atoms in total. The molecule has 0 spiro atoms. The summed E-state index contributed by atoms with van der Waals surface area (Å²) in [6.07, 6.45) is 4.34. The molecule has 28 heavy (non-hydrogen) atoms. The van der Waals surface area contributed by atoms with Crippen LogP contribution in [0.2, 0.25) is 0 Å². The van der Waals surface area contributed by atoms with E-state index in [1.165, 1.54) is 18.0 Å². The van der Waals surface area contributed by atoms with E-state index in [9.17, 15) is 4.79 Å². The minimum Gasteiger partial charge on any atom is -0.484 e. The quantitative estimate of drug-likeness (QED) is 0.766. The molecule has 1 aromatic carbocycles. The summed E-state index contributed by atoms with van der Waals surface area (Å²) in [6, 6.07) is 9.78. The Balaban J connectivity index is 1.53. The second-order valence-corrected chi connectivity index (χ2v) is 7.06. The highest BCUT2D eigenvalue weighted by Crippen LogP contribution is 2.20. The van der Waals surface area contributed by atoms with E-state index in [1.807, 2.05) is 30.3 Å². The highest BCUT2D eigenvalue weighted by Gasteiger charge is 2.26. The van der Waals surface area contributed by atoms with Crippen molar-refractivity contribution in [2.45, 2.75) is 38.7 Å². The molecule has 1 unspecified atom stereocenters. The van der Waals surface area contributed by atoms with Crippen molar-refractivity contribution in [2.24, 2.45) is 0 Å². The lowest BCUT2D eigenvalue weighted by Crippen LogP contribution is -2.46. The number of hydrogen-bond donors (Lipinski definition) is 0. The monoisotopic (exact) mass is 380 g/mol. The lowest BCUT2D eigenvalue weighted by atomic mass is 10.0. The summed E-state index contributed by atoms with van der Waals surface area (Å²) < 4.78 is 11.5. The molecular weight excluding hydrogens is 356 g/mol. The second kappa shape index (κ2) is 9.18. The molecule has 0 radical (unpaired) electrons. The Morgan fingerprint density at radius 1 is 1.29 bits per heavy atom. The van der Waals surface area contributed by atoms with Gasteiger partial charge in [-0.2, -0.15) is 5.26 Å². The second-order valence-electron chi connectivity index (χ2n) is 7.06. The van der Waals surface area contributed by atoms with Gasteiger partial charge in [-0.05, 0) is 36.5 Å². The Labute approximate surface area is 164 Å². The van der Waals surface area contributed by atoms with E-state index in [2.05, 4.69) is 23.8 Å². The molecule has 0 aliphatic carbocycles. The SMILES string of the molecule is CC(C)c1ccc(OCC(=O)N2CCCC(Oc3nccnc3C#N)C2)cc1. The third-order valence-corrected chi connectivity index (χ3v) is 4.69. The summed E-state index contributed by atoms with van der Waals surface area (Å²) in [5.74, 6) is 1.27. The molecule has 1 aliphatic heterocycles. The van der Waals surface area contributed by atoms with Gasteiger partial charge in [-0.1, -0.05) is 26.0 Å². The number of amides is 1. The smallest absolute Gasteiger partial charge is 0.260 e. The van der Waals surface area contributed by atoms with Gasteiger partial charge in [-0.25, -0.2) is 9.97 Å². The van der Waals surface area contributed by atoms with E-state index in [0.29, 0.717) is 24.8 Å². The number of carbonyl (C=O) groups excluding carboxylic acids is 1. The predicted molar refractivity (Wildman–Crippen MR) is 103 cm³/mol. The van der Waals surface area contributed by atoms with Crippen molar-refractivity contribution in [1.82, 2.24) is 14.9 Å². The summed E-state index contributed by atoms with van der Waals surface area (Å²) in [4.78, 5) is 22.3. The molecule has 146 valence electrons. The Hall–Kier alpha value is -3.14. The van der Waals surface area contributed by atoms with Gasteiger partial charge in [-0.15, -0.1) is 0 Å². The fourth-order valence-electron chi connectivity index (χ4n) is 3.09. The zero-order chi connectivity index (χ0) is 19.9. The number of ether oxygens (including phenoxy) is 2. The third-order valence-electron chi connectivity index (χ3n) is 4.69. The number of likely N-dealkylation sites (tertiary alicyclic amines) is 1. The molecule has 1 atom stereocenters. The maximum absolute atomic E-state index is 12.5. The first-order chi connectivity index (χ1) is 13.6. The molecule has 2 aromatic rings. The van der Waals surface area contributed by atoms with Gasteiger partial charge in [0.15, 0.2) is 6.61 Å². The number of rotatable bonds is 6. The highest BCUT2D eigenvalue weighted by atomic mass is 16.5. The largest absolute Gasteiger partial charge is 0.484 e. The van der Waals surface area contributed by atoms with E-state index in [0.717, 1.165) is 12.8 Å². The molecule has 1 aromatic heterocycles. The average Bonchev–Trinajstić information content (AvgIpc) is 2.73. The van der Waals surface area contributed by atoms with Crippen molar-refractivity contribution in [3.63, 3.8) is 0 Å². The summed E-state index contributed by atoms with van der Waals surface area (Å²) in [5.41, 5.74) is 1.38. The van der Waals surface area contributed by atoms with E-state index in [1.54, 1.807) is 4.90 Å². The van der Waals surface area contributed by atoms with Crippen LogP contribution in [0.3, 0.4) is 0 Å². The predicted octanol–water partition coefficient (Wildman–Crippen LogP) is 2.92. The van der Waals surface area contributed by atoms with Gasteiger partial charge in [0, 0.05) is 18.9 Å². The van der Waals surface area contributed by atoms with Crippen LogP contribution >= 0.6 is 0 Å². The van der Waals surface area contributed by atoms with E-state index in [-0.39, 0.29) is 30.2 Å². The molecule has 2 heterocycles. The number of carbonyl (C=O) groups is 1. The molecule has 1 saturated heterocycles. The minimum absolute atomic E-state index is 0.0116. The first kappa shape index (κ1) is 19.6. The highest BCUT2D eigenvalue weighted by molar-refractivity contribution is 5.77. The molecule has 0 bridgehead atoms. The number of nitrogens with zero attached hydrogens (tertiary/aromatic N) is 4. The topological polar surface area (TPSA) is 88.3 Å². The molecule has 1 amide bonds. The lowest BCUT2D eigenvalue weighted by molar-refractivity contribution is -0.136. The summed E-state index contributed by atoms with van der Waals surface area (Å²) in [7, 11) is 0. The van der Waals surface area contributed by atoms with Gasteiger partial charge in [0.05, 0.1) is 6.54 Å². The van der Waals surface area contributed by atoms with Crippen LogP contribution in [0, 0.1) is 11.3 Å². The van der Waals surface area contributed by atoms with Crippen LogP contribution in [0.1, 0.15) is 43.9 Å². The van der Waals surface area contributed by atoms with Gasteiger partial charge in [0.25, 0.3) is 11.8 Å². The van der Waals surface area contributed by atoms with Crippen LogP contribution in [-0.4, -0.2) is 46.6 Å². The van der Waals surface area contributed by atoms with Crippen LogP contribution in [-0.2, 0) is 4.79 Å². The van der Waals surface area contributed by atoms with Crippen LogP contribution in [0.15, 0.2) is 36.7 Å². The van der Waals surface area contributed by atoms with Crippen molar-refractivity contribution in [3.8, 4) is 17.7 Å². The average molecular weight is 380 g/mol. The van der Waals surface area contributed by atoms with Crippen LogP contribution in [0.5, 0.6) is 11.6 Å². The summed E-state index contributed by atoms with van der Waals surface area (Å²) in [5, 5.41) is 9.10. The van der Waals surface area contributed by atoms with Gasteiger partial charge < -0.3 is 14.4 Å². The normalized spacial score (nSPS) is 16.5. The van der Waals surface area contributed by atoms with Crippen molar-refractivity contribution in [1.29, 1.82) is 5.26 Å². The molecule has 0 N–H and O–H groups in total. The molecule has 1 aliphatic rings. The maximum atomic E-state index is 12.5. The molecule has 7 heteroatoms. The molecule has 1 fully saturated rings. The van der Waals surface area contributed by atoms with Crippen LogP contribution < -0.4 is 9.47 Å². The molecule has 3 rings (SSSR count). The first-order valence-corrected chi connectivity index (χ1v) is 9.45. The van der Waals surface area contributed by atoms with Crippen molar-refractivity contribution < 1.29 is 14.3 Å². The third kappa shape index (κ3) is 4.97. The fraction of sp³-hybridized carbons (Fsp3) is 0.429. The molecular formula is C21H24N4O3. The number of aromatic nitrogens is 2. The van der Waals surface area contributed by atoms with E-state index < -0.39 is 0 Å². The van der Waals surface area contributed by atoms with Crippen molar-refractivity contribution in [2.75, 3.05) is 19.7 Å². The number of benzene rings is 1. The number of hydrogen-bond acceptors (Lipinski definition) is 6. The van der Waals surface area contributed by atoms with Crippen LogP contribution in [0.25, 0.3) is 0 Å². The maximum Gasteiger partial charge on any atom is 0.260 e. The number of nitriles is 1. The Morgan fingerprint density at radius 2 is 2.04 bits per heavy atom. The Morgan fingerprint density at radius 3 is 2.75 bits per heavy atom.